The largest absolute Gasteiger partial charge is 0.481 e. The fourth-order valence-electron chi connectivity index (χ4n) is 3.13. The lowest BCUT2D eigenvalue weighted by Crippen LogP contribution is -2.60. The number of amides is 3. The van der Waals surface area contributed by atoms with Crippen molar-refractivity contribution in [1.82, 2.24) is 16.0 Å². The number of rotatable bonds is 14. The minimum Gasteiger partial charge on any atom is -0.481 e. The van der Waals surface area contributed by atoms with Crippen LogP contribution in [0.5, 0.6) is 0 Å². The van der Waals surface area contributed by atoms with Gasteiger partial charge in [0.2, 0.25) is 17.7 Å². The number of aliphatic hydroxyl groups excluding tert-OH is 1. The van der Waals surface area contributed by atoms with E-state index in [4.69, 9.17) is 10.8 Å². The van der Waals surface area contributed by atoms with Gasteiger partial charge in [-0.3, -0.25) is 19.2 Å². The van der Waals surface area contributed by atoms with E-state index in [0.717, 1.165) is 0 Å². The Bertz CT molecular complexity index is 893. The second-order valence-corrected chi connectivity index (χ2v) is 8.39. The molecule has 0 saturated carbocycles. The first-order chi connectivity index (χ1) is 16.4. The van der Waals surface area contributed by atoms with Gasteiger partial charge >= 0.3 is 11.9 Å². The van der Waals surface area contributed by atoms with Crippen molar-refractivity contribution in [2.24, 2.45) is 11.7 Å². The molecule has 0 aliphatic heterocycles. The van der Waals surface area contributed by atoms with Crippen LogP contribution in [0.3, 0.4) is 0 Å². The Kier molecular flexibility index (Phi) is 11.8. The molecule has 0 aliphatic carbocycles. The van der Waals surface area contributed by atoms with Crippen molar-refractivity contribution >= 4 is 29.7 Å². The number of hydrogen-bond donors (Lipinski definition) is 7. The molecule has 1 aromatic rings. The van der Waals surface area contributed by atoms with E-state index in [2.05, 4.69) is 16.0 Å². The van der Waals surface area contributed by atoms with E-state index in [1.54, 1.807) is 37.3 Å². The molecular weight excluding hydrogens is 460 g/mol. The quantitative estimate of drug-likeness (QED) is 0.169. The summed E-state index contributed by atoms with van der Waals surface area (Å²) in [4.78, 5) is 60.7. The first kappa shape index (κ1) is 29.5. The Morgan fingerprint density at radius 1 is 0.886 bits per heavy atom. The number of carbonyl (C=O) groups excluding carboxylic acids is 3. The third-order valence-corrected chi connectivity index (χ3v) is 5.53. The minimum atomic E-state index is -1.73. The van der Waals surface area contributed by atoms with E-state index < -0.39 is 66.4 Å². The first-order valence-corrected chi connectivity index (χ1v) is 11.2. The number of hydrogen-bond acceptors (Lipinski definition) is 7. The third kappa shape index (κ3) is 9.71. The maximum Gasteiger partial charge on any atom is 0.326 e. The highest BCUT2D eigenvalue weighted by molar-refractivity contribution is 5.95. The number of aliphatic hydroxyl groups is 1. The molecule has 1 aromatic carbocycles. The zero-order valence-electron chi connectivity index (χ0n) is 19.9. The lowest BCUT2D eigenvalue weighted by molar-refractivity contribution is -0.147. The second-order valence-electron chi connectivity index (χ2n) is 8.39. The van der Waals surface area contributed by atoms with Gasteiger partial charge in [-0.2, -0.15) is 0 Å². The van der Waals surface area contributed by atoms with Crippen molar-refractivity contribution in [2.45, 2.75) is 70.3 Å². The lowest BCUT2D eigenvalue weighted by Gasteiger charge is -2.27. The average molecular weight is 495 g/mol. The molecule has 0 spiro atoms. The van der Waals surface area contributed by atoms with Crippen LogP contribution in [0.4, 0.5) is 0 Å². The second kappa shape index (κ2) is 14.0. The summed E-state index contributed by atoms with van der Waals surface area (Å²) in [5.74, 6) is -5.67. The Balaban J connectivity index is 3.11. The lowest BCUT2D eigenvalue weighted by atomic mass is 9.98. The van der Waals surface area contributed by atoms with Gasteiger partial charge in [-0.15, -0.1) is 0 Å². The Hall–Kier alpha value is -3.51. The molecule has 35 heavy (non-hydrogen) atoms. The van der Waals surface area contributed by atoms with Gasteiger partial charge in [-0.1, -0.05) is 50.6 Å². The van der Waals surface area contributed by atoms with Gasteiger partial charge < -0.3 is 37.0 Å². The molecule has 8 N–H and O–H groups in total. The van der Waals surface area contributed by atoms with Crippen LogP contribution < -0.4 is 21.7 Å². The smallest absolute Gasteiger partial charge is 0.326 e. The molecule has 3 amide bonds. The van der Waals surface area contributed by atoms with Gasteiger partial charge in [0.15, 0.2) is 0 Å². The van der Waals surface area contributed by atoms with Crippen molar-refractivity contribution in [3.63, 3.8) is 0 Å². The Labute approximate surface area is 203 Å². The minimum absolute atomic E-state index is 0.0648. The zero-order valence-corrected chi connectivity index (χ0v) is 19.9. The fourth-order valence-corrected chi connectivity index (χ4v) is 3.13. The van der Waals surface area contributed by atoms with E-state index in [9.17, 15) is 34.2 Å². The van der Waals surface area contributed by atoms with Crippen molar-refractivity contribution in [2.75, 3.05) is 0 Å². The third-order valence-electron chi connectivity index (χ3n) is 5.53. The summed E-state index contributed by atoms with van der Waals surface area (Å²) in [7, 11) is 0. The van der Waals surface area contributed by atoms with E-state index in [1.807, 2.05) is 6.92 Å². The summed E-state index contributed by atoms with van der Waals surface area (Å²) in [6.07, 6.45) is -1.67. The number of carbonyl (C=O) groups is 5. The summed E-state index contributed by atoms with van der Waals surface area (Å²) in [6, 6.07) is 3.07. The van der Waals surface area contributed by atoms with E-state index in [-0.39, 0.29) is 12.3 Å². The normalized spacial score (nSPS) is 16.0. The summed E-state index contributed by atoms with van der Waals surface area (Å²) in [5, 5.41) is 35.2. The summed E-state index contributed by atoms with van der Waals surface area (Å²) < 4.78 is 0. The van der Waals surface area contributed by atoms with Crippen LogP contribution in [0.15, 0.2) is 30.3 Å². The molecule has 194 valence electrons. The molecule has 0 aromatic heterocycles. The maximum absolute atomic E-state index is 13.0. The van der Waals surface area contributed by atoms with Crippen molar-refractivity contribution in [3.8, 4) is 0 Å². The molecule has 12 heteroatoms. The van der Waals surface area contributed by atoms with Crippen LogP contribution in [0.2, 0.25) is 0 Å². The maximum atomic E-state index is 13.0. The first-order valence-electron chi connectivity index (χ1n) is 11.2. The standard InChI is InChI=1S/C23H34N4O8/c1-4-12(2)18(24)21(32)27-19(13(3)28)22(33)25-15(10-14-8-6-5-7-9-14)20(31)26-16(23(34)35)11-17(29)30/h5-9,12-13,15-16,18-19,28H,4,10-11,24H2,1-3H3,(H,25,33)(H,26,31)(H,27,32)(H,29,30)(H,34,35). The van der Waals surface area contributed by atoms with Crippen LogP contribution in [-0.4, -0.2) is 75.3 Å². The van der Waals surface area contributed by atoms with E-state index in [0.29, 0.717) is 12.0 Å². The summed E-state index contributed by atoms with van der Waals surface area (Å²) in [6.45, 7) is 4.88. The molecule has 0 bridgehead atoms. The Morgan fingerprint density at radius 3 is 1.94 bits per heavy atom. The number of nitrogens with two attached hydrogens (primary N) is 1. The molecule has 1 rings (SSSR count). The van der Waals surface area contributed by atoms with E-state index in [1.165, 1.54) is 6.92 Å². The van der Waals surface area contributed by atoms with Crippen LogP contribution in [0.1, 0.15) is 39.2 Å². The molecule has 0 heterocycles. The average Bonchev–Trinajstić information content (AvgIpc) is 2.80. The highest BCUT2D eigenvalue weighted by Gasteiger charge is 2.33. The Morgan fingerprint density at radius 2 is 1.46 bits per heavy atom. The number of nitrogens with one attached hydrogen (secondary N) is 3. The van der Waals surface area contributed by atoms with Crippen molar-refractivity contribution in [3.05, 3.63) is 35.9 Å². The topological polar surface area (TPSA) is 208 Å². The SMILES string of the molecule is CCC(C)C(N)C(=O)NC(C(=O)NC(Cc1ccccc1)C(=O)NC(CC(=O)O)C(=O)O)C(C)O. The van der Waals surface area contributed by atoms with E-state index >= 15 is 0 Å². The molecule has 0 fully saturated rings. The molecule has 0 radical (unpaired) electrons. The molecule has 12 nitrogen and oxygen atoms in total. The van der Waals surface area contributed by atoms with Gasteiger partial charge in [-0.25, -0.2) is 4.79 Å². The van der Waals surface area contributed by atoms with Crippen molar-refractivity contribution in [1.29, 1.82) is 0 Å². The number of aliphatic carboxylic acids is 2. The monoisotopic (exact) mass is 494 g/mol. The molecular formula is C23H34N4O8. The molecule has 6 unspecified atom stereocenters. The van der Waals surface area contributed by atoms with Crippen molar-refractivity contribution < 1.29 is 39.3 Å². The summed E-state index contributed by atoms with van der Waals surface area (Å²) in [5.41, 5.74) is 6.52. The molecule has 6 atom stereocenters. The van der Waals surface area contributed by atoms with Crippen LogP contribution in [0.25, 0.3) is 0 Å². The van der Waals surface area contributed by atoms with Gasteiger partial charge in [0.1, 0.15) is 18.1 Å². The number of carboxylic acid groups (broad SMARTS) is 2. The van der Waals surface area contributed by atoms with Crippen LogP contribution >= 0.6 is 0 Å². The van der Waals surface area contributed by atoms with Gasteiger partial charge in [0.05, 0.1) is 18.6 Å². The van der Waals surface area contributed by atoms with Crippen LogP contribution in [0, 0.1) is 5.92 Å². The zero-order chi connectivity index (χ0) is 26.7. The predicted octanol–water partition coefficient (Wildman–Crippen LogP) is -1.00. The van der Waals surface area contributed by atoms with Gasteiger partial charge in [0.25, 0.3) is 0 Å². The fraction of sp³-hybridized carbons (Fsp3) is 0.522. The summed E-state index contributed by atoms with van der Waals surface area (Å²) >= 11 is 0. The molecule has 0 aliphatic rings. The van der Waals surface area contributed by atoms with Gasteiger partial charge in [-0.05, 0) is 18.4 Å². The highest BCUT2D eigenvalue weighted by Crippen LogP contribution is 2.08. The molecule has 0 saturated heterocycles. The van der Waals surface area contributed by atoms with Crippen LogP contribution in [-0.2, 0) is 30.4 Å². The number of carboxylic acids is 2. The number of benzene rings is 1. The van der Waals surface area contributed by atoms with Gasteiger partial charge in [0, 0.05) is 6.42 Å². The highest BCUT2D eigenvalue weighted by atomic mass is 16.4. The predicted molar refractivity (Wildman–Crippen MR) is 125 cm³/mol.